The van der Waals surface area contributed by atoms with Gasteiger partial charge in [-0.15, -0.1) is 0 Å². The van der Waals surface area contributed by atoms with Crippen LogP contribution in [0.15, 0.2) is 0 Å². The summed E-state index contributed by atoms with van der Waals surface area (Å²) in [5.41, 5.74) is 1.03. The van der Waals surface area contributed by atoms with E-state index in [0.29, 0.717) is 23.0 Å². The van der Waals surface area contributed by atoms with E-state index in [0.717, 1.165) is 38.6 Å². The normalized spacial score (nSPS) is 29.3. The van der Waals surface area contributed by atoms with Gasteiger partial charge in [-0.05, 0) is 32.6 Å². The maximum atomic E-state index is 12.8. The molecule has 1 amide bonds. The molecule has 3 rings (SSSR count). The topological polar surface area (TPSA) is 58.4 Å². The van der Waals surface area contributed by atoms with Crippen LogP contribution >= 0.6 is 11.6 Å². The first-order valence-corrected chi connectivity index (χ1v) is 7.99. The summed E-state index contributed by atoms with van der Waals surface area (Å²) in [7, 11) is 1.75. The van der Waals surface area contributed by atoms with Gasteiger partial charge in [0.15, 0.2) is 0 Å². The third-order valence-electron chi connectivity index (χ3n) is 5.11. The summed E-state index contributed by atoms with van der Waals surface area (Å²) in [5, 5.41) is 15.0. The van der Waals surface area contributed by atoms with Gasteiger partial charge in [0.25, 0.3) is 5.91 Å². The van der Waals surface area contributed by atoms with Crippen LogP contribution in [0.25, 0.3) is 0 Å². The number of hydrogen-bond acceptors (Lipinski definition) is 3. The number of rotatable bonds is 1. The van der Waals surface area contributed by atoms with Crippen LogP contribution < -0.4 is 0 Å². The Labute approximate surface area is 129 Å². The van der Waals surface area contributed by atoms with Crippen LogP contribution in [0.4, 0.5) is 0 Å². The molecule has 1 aliphatic heterocycles. The van der Waals surface area contributed by atoms with Gasteiger partial charge >= 0.3 is 0 Å². The number of aliphatic hydroxyl groups is 1. The third-order valence-corrected chi connectivity index (χ3v) is 5.56. The number of likely N-dealkylation sites (tertiary alicyclic amines) is 1. The number of aryl methyl sites for hydroxylation is 2. The molecule has 6 heteroatoms. The zero-order valence-corrected chi connectivity index (χ0v) is 13.4. The van der Waals surface area contributed by atoms with Crippen LogP contribution in [-0.2, 0) is 7.05 Å². The van der Waals surface area contributed by atoms with E-state index in [-0.39, 0.29) is 17.4 Å². The number of carbonyl (C=O) groups excluding carboxylic acids is 1. The highest BCUT2D eigenvalue weighted by atomic mass is 35.5. The first-order valence-electron chi connectivity index (χ1n) is 7.61. The van der Waals surface area contributed by atoms with Gasteiger partial charge in [-0.1, -0.05) is 18.0 Å². The molecule has 1 spiro atoms. The Morgan fingerprint density at radius 1 is 1.43 bits per heavy atom. The average Bonchev–Trinajstić information content (AvgIpc) is 2.91. The van der Waals surface area contributed by atoms with Crippen molar-refractivity contribution < 1.29 is 9.90 Å². The Bertz CT molecular complexity index is 572. The quantitative estimate of drug-likeness (QED) is 0.864. The number of halogens is 1. The fourth-order valence-electron chi connectivity index (χ4n) is 3.94. The first kappa shape index (κ1) is 14.9. The standard InChI is InChI=1S/C15H22ClN3O2/c1-10-12(16)13(18(2)17-10)14(21)19-8-4-7-15(9-19)6-3-5-11(15)20/h11,20H,3-9H2,1-2H3/t11-,15-/m1/s1. The predicted molar refractivity (Wildman–Crippen MR) is 80.4 cm³/mol. The van der Waals surface area contributed by atoms with Crippen LogP contribution in [0.3, 0.4) is 0 Å². The fraction of sp³-hybridized carbons (Fsp3) is 0.733. The molecular weight excluding hydrogens is 290 g/mol. The van der Waals surface area contributed by atoms with Crippen LogP contribution in [0.5, 0.6) is 0 Å². The zero-order valence-electron chi connectivity index (χ0n) is 12.6. The maximum absolute atomic E-state index is 12.8. The number of nitrogens with zero attached hydrogens (tertiary/aromatic N) is 3. The number of hydrogen-bond donors (Lipinski definition) is 1. The largest absolute Gasteiger partial charge is 0.392 e. The van der Waals surface area contributed by atoms with Crippen molar-refractivity contribution in [1.29, 1.82) is 0 Å². The van der Waals surface area contributed by atoms with Gasteiger partial charge in [-0.2, -0.15) is 5.10 Å². The highest BCUT2D eigenvalue weighted by Crippen LogP contribution is 2.45. The minimum absolute atomic E-state index is 0.0683. The van der Waals surface area contributed by atoms with Crippen molar-refractivity contribution in [3.63, 3.8) is 0 Å². The van der Waals surface area contributed by atoms with Gasteiger partial charge in [0.1, 0.15) is 5.69 Å². The van der Waals surface area contributed by atoms with Crippen molar-refractivity contribution in [2.45, 2.75) is 45.1 Å². The Balaban J connectivity index is 1.85. The summed E-state index contributed by atoms with van der Waals surface area (Å²) in [5.74, 6) is -0.0683. The molecule has 0 radical (unpaired) electrons. The van der Waals surface area contributed by atoms with Gasteiger partial charge in [-0.3, -0.25) is 9.48 Å². The lowest BCUT2D eigenvalue weighted by Gasteiger charge is -2.42. The van der Waals surface area contributed by atoms with E-state index in [1.165, 1.54) is 0 Å². The molecule has 0 bridgehead atoms. The number of piperidine rings is 1. The summed E-state index contributed by atoms with van der Waals surface area (Å²) in [6.07, 6.45) is 4.59. The minimum Gasteiger partial charge on any atom is -0.392 e. The van der Waals surface area contributed by atoms with E-state index in [2.05, 4.69) is 5.10 Å². The second kappa shape index (κ2) is 5.29. The number of amides is 1. The molecule has 1 aliphatic carbocycles. The SMILES string of the molecule is Cc1nn(C)c(C(=O)N2CCC[C@]3(CCC[C@H]3O)C2)c1Cl. The van der Waals surface area contributed by atoms with Crippen LogP contribution in [0, 0.1) is 12.3 Å². The first-order chi connectivity index (χ1) is 9.94. The second-order valence-electron chi connectivity index (χ2n) is 6.47. The molecule has 116 valence electrons. The van der Waals surface area contributed by atoms with Gasteiger partial charge in [0.05, 0.1) is 16.8 Å². The molecular formula is C15H22ClN3O2. The van der Waals surface area contributed by atoms with Crippen molar-refractivity contribution in [2.24, 2.45) is 12.5 Å². The molecule has 1 saturated heterocycles. The third kappa shape index (κ3) is 2.36. The smallest absolute Gasteiger partial charge is 0.273 e. The zero-order chi connectivity index (χ0) is 15.2. The Kier molecular flexibility index (Phi) is 3.74. The van der Waals surface area contributed by atoms with Gasteiger partial charge in [0.2, 0.25) is 0 Å². The average molecular weight is 312 g/mol. The van der Waals surface area contributed by atoms with Crippen molar-refractivity contribution in [2.75, 3.05) is 13.1 Å². The molecule has 0 aromatic carbocycles. The molecule has 2 fully saturated rings. The lowest BCUT2D eigenvalue weighted by Crippen LogP contribution is -2.49. The lowest BCUT2D eigenvalue weighted by molar-refractivity contribution is -0.00570. The number of carbonyl (C=O) groups is 1. The molecule has 0 unspecified atom stereocenters. The number of aromatic nitrogens is 2. The lowest BCUT2D eigenvalue weighted by atomic mass is 9.76. The molecule has 5 nitrogen and oxygen atoms in total. The Morgan fingerprint density at radius 2 is 2.14 bits per heavy atom. The van der Waals surface area contributed by atoms with E-state index in [4.69, 9.17) is 11.6 Å². The summed E-state index contributed by atoms with van der Waals surface area (Å²) >= 11 is 6.23. The molecule has 2 aliphatic rings. The summed E-state index contributed by atoms with van der Waals surface area (Å²) in [6.45, 7) is 3.17. The molecule has 1 saturated carbocycles. The van der Waals surface area contributed by atoms with Crippen LogP contribution in [0.1, 0.15) is 48.3 Å². The predicted octanol–water partition coefficient (Wildman–Crippen LogP) is 2.15. The van der Waals surface area contributed by atoms with E-state index in [1.54, 1.807) is 18.7 Å². The summed E-state index contributed by atoms with van der Waals surface area (Å²) < 4.78 is 1.56. The molecule has 1 aromatic rings. The highest BCUT2D eigenvalue weighted by molar-refractivity contribution is 6.34. The van der Waals surface area contributed by atoms with E-state index < -0.39 is 0 Å². The van der Waals surface area contributed by atoms with Crippen molar-refractivity contribution in [1.82, 2.24) is 14.7 Å². The Morgan fingerprint density at radius 3 is 2.71 bits per heavy atom. The molecule has 1 aromatic heterocycles. The van der Waals surface area contributed by atoms with E-state index >= 15 is 0 Å². The fourth-order valence-corrected chi connectivity index (χ4v) is 4.19. The molecule has 21 heavy (non-hydrogen) atoms. The molecule has 1 N–H and O–H groups in total. The highest BCUT2D eigenvalue weighted by Gasteiger charge is 2.46. The summed E-state index contributed by atoms with van der Waals surface area (Å²) in [6, 6.07) is 0. The molecule has 2 atom stereocenters. The van der Waals surface area contributed by atoms with E-state index in [9.17, 15) is 9.90 Å². The number of aliphatic hydroxyl groups excluding tert-OH is 1. The van der Waals surface area contributed by atoms with E-state index in [1.807, 2.05) is 4.90 Å². The van der Waals surface area contributed by atoms with Gasteiger partial charge < -0.3 is 10.0 Å². The van der Waals surface area contributed by atoms with Crippen molar-refractivity contribution >= 4 is 17.5 Å². The van der Waals surface area contributed by atoms with Crippen LogP contribution in [-0.4, -0.2) is 44.9 Å². The Hall–Kier alpha value is -1.07. The monoisotopic (exact) mass is 311 g/mol. The van der Waals surface area contributed by atoms with Gasteiger partial charge in [-0.25, -0.2) is 0 Å². The second-order valence-corrected chi connectivity index (χ2v) is 6.85. The summed E-state index contributed by atoms with van der Waals surface area (Å²) in [4.78, 5) is 14.6. The minimum atomic E-state index is -0.281. The van der Waals surface area contributed by atoms with Crippen molar-refractivity contribution in [3.05, 3.63) is 16.4 Å². The maximum Gasteiger partial charge on any atom is 0.273 e. The van der Waals surface area contributed by atoms with Crippen LogP contribution in [0.2, 0.25) is 5.02 Å². The van der Waals surface area contributed by atoms with Crippen molar-refractivity contribution in [3.8, 4) is 0 Å². The molecule has 2 heterocycles. The van der Waals surface area contributed by atoms with Gasteiger partial charge in [0, 0.05) is 25.6 Å².